The highest BCUT2D eigenvalue weighted by atomic mass is 19.1. The van der Waals surface area contributed by atoms with E-state index in [0.29, 0.717) is 13.1 Å². The van der Waals surface area contributed by atoms with Crippen LogP contribution in [-0.4, -0.2) is 31.1 Å². The van der Waals surface area contributed by atoms with E-state index in [9.17, 15) is 8.78 Å². The molecule has 1 fully saturated rings. The zero-order chi connectivity index (χ0) is 13.0. The van der Waals surface area contributed by atoms with E-state index in [4.69, 9.17) is 5.26 Å². The van der Waals surface area contributed by atoms with Gasteiger partial charge in [0, 0.05) is 31.7 Å². The number of piperazine rings is 1. The first kappa shape index (κ1) is 12.9. The molecule has 96 valence electrons. The van der Waals surface area contributed by atoms with Crippen LogP contribution in [-0.2, 0) is 0 Å². The van der Waals surface area contributed by atoms with Crippen molar-refractivity contribution < 1.29 is 8.78 Å². The van der Waals surface area contributed by atoms with Gasteiger partial charge >= 0.3 is 0 Å². The SMILES string of the molecule is N#CC[C@@H](c1c(F)cccc1F)N1CCNCC1. The van der Waals surface area contributed by atoms with Crippen LogP contribution in [0.3, 0.4) is 0 Å². The van der Waals surface area contributed by atoms with Crippen LogP contribution in [0.5, 0.6) is 0 Å². The Labute approximate surface area is 105 Å². The van der Waals surface area contributed by atoms with Gasteiger partial charge in [0.05, 0.1) is 18.5 Å². The fraction of sp³-hybridized carbons (Fsp3) is 0.462. The largest absolute Gasteiger partial charge is 0.314 e. The van der Waals surface area contributed by atoms with E-state index in [-0.39, 0.29) is 12.0 Å². The lowest BCUT2D eigenvalue weighted by Crippen LogP contribution is -2.45. The number of hydrogen-bond donors (Lipinski definition) is 1. The summed E-state index contributed by atoms with van der Waals surface area (Å²) in [5.41, 5.74) is 0.0148. The molecule has 3 nitrogen and oxygen atoms in total. The van der Waals surface area contributed by atoms with E-state index in [0.717, 1.165) is 13.1 Å². The number of halogens is 2. The van der Waals surface area contributed by atoms with Crippen molar-refractivity contribution in [1.82, 2.24) is 10.2 Å². The van der Waals surface area contributed by atoms with Gasteiger partial charge in [-0.05, 0) is 12.1 Å². The average molecular weight is 251 g/mol. The molecule has 1 saturated heterocycles. The topological polar surface area (TPSA) is 39.1 Å². The second-order valence-corrected chi connectivity index (χ2v) is 4.30. The van der Waals surface area contributed by atoms with Gasteiger partial charge < -0.3 is 5.32 Å². The molecule has 1 aliphatic rings. The summed E-state index contributed by atoms with van der Waals surface area (Å²) in [5, 5.41) is 12.1. The van der Waals surface area contributed by atoms with Crippen molar-refractivity contribution in [2.45, 2.75) is 12.5 Å². The summed E-state index contributed by atoms with van der Waals surface area (Å²) in [6.45, 7) is 2.94. The summed E-state index contributed by atoms with van der Waals surface area (Å²) >= 11 is 0. The van der Waals surface area contributed by atoms with Crippen LogP contribution in [0.2, 0.25) is 0 Å². The van der Waals surface area contributed by atoms with Gasteiger partial charge in [-0.15, -0.1) is 0 Å². The van der Waals surface area contributed by atoms with Gasteiger partial charge in [0.25, 0.3) is 0 Å². The molecule has 1 aliphatic heterocycles. The Morgan fingerprint density at radius 2 is 1.89 bits per heavy atom. The van der Waals surface area contributed by atoms with Crippen LogP contribution in [0, 0.1) is 23.0 Å². The molecule has 5 heteroatoms. The second kappa shape index (κ2) is 5.89. The van der Waals surface area contributed by atoms with Crippen molar-refractivity contribution in [3.8, 4) is 6.07 Å². The monoisotopic (exact) mass is 251 g/mol. The zero-order valence-corrected chi connectivity index (χ0v) is 10.00. The molecule has 0 unspecified atom stereocenters. The quantitative estimate of drug-likeness (QED) is 0.890. The minimum absolute atomic E-state index is 0.0148. The molecule has 0 aromatic heterocycles. The van der Waals surface area contributed by atoms with Gasteiger partial charge in [-0.3, -0.25) is 4.90 Å². The lowest BCUT2D eigenvalue weighted by atomic mass is 10.0. The maximum absolute atomic E-state index is 13.8. The smallest absolute Gasteiger partial charge is 0.130 e. The lowest BCUT2D eigenvalue weighted by molar-refractivity contribution is 0.169. The van der Waals surface area contributed by atoms with E-state index < -0.39 is 17.7 Å². The molecular weight excluding hydrogens is 236 g/mol. The van der Waals surface area contributed by atoms with Gasteiger partial charge in [-0.1, -0.05) is 6.07 Å². The first-order valence-electron chi connectivity index (χ1n) is 5.99. The molecule has 1 aromatic rings. The maximum atomic E-state index is 13.8. The number of benzene rings is 1. The molecule has 0 aliphatic carbocycles. The summed E-state index contributed by atoms with van der Waals surface area (Å²) in [6.07, 6.45) is 0.0951. The summed E-state index contributed by atoms with van der Waals surface area (Å²) in [6, 6.07) is 5.35. The van der Waals surface area contributed by atoms with E-state index >= 15 is 0 Å². The summed E-state index contributed by atoms with van der Waals surface area (Å²) < 4.78 is 27.6. The third-order valence-corrected chi connectivity index (χ3v) is 3.21. The standard InChI is InChI=1S/C13H15F2N3/c14-10-2-1-3-11(15)13(10)12(4-5-16)18-8-6-17-7-9-18/h1-3,12,17H,4,6-9H2/t12-/m0/s1. The predicted molar refractivity (Wildman–Crippen MR) is 63.8 cm³/mol. The van der Waals surface area contributed by atoms with Gasteiger partial charge in [-0.25, -0.2) is 8.78 Å². The fourth-order valence-electron chi connectivity index (χ4n) is 2.32. The van der Waals surface area contributed by atoms with Crippen LogP contribution in [0.4, 0.5) is 8.78 Å². The Hall–Kier alpha value is -1.51. The first-order valence-corrected chi connectivity index (χ1v) is 5.99. The summed E-state index contributed by atoms with van der Waals surface area (Å²) in [4.78, 5) is 1.96. The zero-order valence-electron chi connectivity index (χ0n) is 10.00. The minimum atomic E-state index is -0.575. The molecule has 0 radical (unpaired) electrons. The van der Waals surface area contributed by atoms with Crippen molar-refractivity contribution in [2.24, 2.45) is 0 Å². The van der Waals surface area contributed by atoms with Gasteiger partial charge in [-0.2, -0.15) is 5.26 Å². The average Bonchev–Trinajstić information content (AvgIpc) is 2.38. The van der Waals surface area contributed by atoms with Crippen molar-refractivity contribution in [1.29, 1.82) is 5.26 Å². The second-order valence-electron chi connectivity index (χ2n) is 4.30. The Morgan fingerprint density at radius 3 is 2.44 bits per heavy atom. The van der Waals surface area contributed by atoms with E-state index in [1.54, 1.807) is 0 Å². The highest BCUT2D eigenvalue weighted by Gasteiger charge is 2.26. The molecular formula is C13H15F2N3. The van der Waals surface area contributed by atoms with Crippen molar-refractivity contribution in [2.75, 3.05) is 26.2 Å². The molecule has 1 atom stereocenters. The Balaban J connectivity index is 2.31. The lowest BCUT2D eigenvalue weighted by Gasteiger charge is -2.34. The fourth-order valence-corrected chi connectivity index (χ4v) is 2.32. The molecule has 1 aromatic carbocycles. The first-order chi connectivity index (χ1) is 8.74. The van der Waals surface area contributed by atoms with E-state index in [1.807, 2.05) is 11.0 Å². The normalized spacial score (nSPS) is 18.3. The third-order valence-electron chi connectivity index (χ3n) is 3.21. The third kappa shape index (κ3) is 2.66. The number of nitriles is 1. The van der Waals surface area contributed by atoms with Gasteiger partial charge in [0.1, 0.15) is 11.6 Å². The Kier molecular flexibility index (Phi) is 4.24. The molecule has 0 amide bonds. The molecule has 0 bridgehead atoms. The van der Waals surface area contributed by atoms with E-state index in [1.165, 1.54) is 18.2 Å². The molecule has 0 spiro atoms. The number of nitrogens with zero attached hydrogens (tertiary/aromatic N) is 2. The molecule has 1 N–H and O–H groups in total. The van der Waals surface area contributed by atoms with Crippen molar-refractivity contribution in [3.63, 3.8) is 0 Å². The number of hydrogen-bond acceptors (Lipinski definition) is 3. The Morgan fingerprint density at radius 1 is 1.28 bits per heavy atom. The van der Waals surface area contributed by atoms with Crippen LogP contribution in [0.1, 0.15) is 18.0 Å². The van der Waals surface area contributed by atoms with Crippen LogP contribution >= 0.6 is 0 Å². The van der Waals surface area contributed by atoms with Gasteiger partial charge in [0.2, 0.25) is 0 Å². The highest BCUT2D eigenvalue weighted by molar-refractivity contribution is 5.24. The summed E-state index contributed by atoms with van der Waals surface area (Å²) in [5.74, 6) is -1.15. The minimum Gasteiger partial charge on any atom is -0.314 e. The van der Waals surface area contributed by atoms with Crippen molar-refractivity contribution >= 4 is 0 Å². The van der Waals surface area contributed by atoms with Crippen molar-refractivity contribution in [3.05, 3.63) is 35.4 Å². The Bertz CT molecular complexity index is 430. The van der Waals surface area contributed by atoms with Crippen LogP contribution in [0.15, 0.2) is 18.2 Å². The van der Waals surface area contributed by atoms with Crippen LogP contribution < -0.4 is 5.32 Å². The molecule has 1 heterocycles. The molecule has 18 heavy (non-hydrogen) atoms. The van der Waals surface area contributed by atoms with Gasteiger partial charge in [0.15, 0.2) is 0 Å². The maximum Gasteiger partial charge on any atom is 0.130 e. The van der Waals surface area contributed by atoms with Crippen LogP contribution in [0.25, 0.3) is 0 Å². The highest BCUT2D eigenvalue weighted by Crippen LogP contribution is 2.28. The van der Waals surface area contributed by atoms with E-state index in [2.05, 4.69) is 5.32 Å². The molecule has 0 saturated carbocycles. The molecule has 2 rings (SSSR count). The number of rotatable bonds is 3. The summed E-state index contributed by atoms with van der Waals surface area (Å²) in [7, 11) is 0. The predicted octanol–water partition coefficient (Wildman–Crippen LogP) is 1.82. The number of nitrogens with one attached hydrogen (secondary N) is 1.